The van der Waals surface area contributed by atoms with Gasteiger partial charge in [-0.05, 0) is 47.8 Å². The van der Waals surface area contributed by atoms with Crippen molar-refractivity contribution < 1.29 is 27.7 Å². The van der Waals surface area contributed by atoms with E-state index >= 15 is 0 Å². The number of amides is 3. The van der Waals surface area contributed by atoms with Gasteiger partial charge in [-0.1, -0.05) is 29.2 Å². The number of fused-ring (bicyclic) bond motifs is 2. The van der Waals surface area contributed by atoms with E-state index in [9.17, 15) is 37.7 Å². The van der Waals surface area contributed by atoms with Crippen LogP contribution in [0.25, 0.3) is 0 Å². The first-order valence-corrected chi connectivity index (χ1v) is 16.5. The molecule has 0 spiro atoms. The summed E-state index contributed by atoms with van der Waals surface area (Å²) in [6.07, 6.45) is 0. The fourth-order valence-corrected chi connectivity index (χ4v) is 9.32. The molecule has 43 heavy (non-hydrogen) atoms. The summed E-state index contributed by atoms with van der Waals surface area (Å²) in [5.41, 5.74) is 0.305. The lowest BCUT2D eigenvalue weighted by molar-refractivity contribution is -0.384. The molecule has 0 saturated carbocycles. The van der Waals surface area contributed by atoms with Crippen molar-refractivity contribution in [3.8, 4) is 0 Å². The second-order valence-corrected chi connectivity index (χ2v) is 14.2. The fraction of sp³-hybridized carbons (Fsp3) is 0.154. The summed E-state index contributed by atoms with van der Waals surface area (Å²) in [7, 11) is -3.91. The minimum atomic E-state index is -3.91. The molecule has 0 aliphatic carbocycles. The van der Waals surface area contributed by atoms with Gasteiger partial charge in [-0.15, -0.1) is 11.3 Å². The van der Waals surface area contributed by atoms with Gasteiger partial charge in [0.2, 0.25) is 27.7 Å². The van der Waals surface area contributed by atoms with E-state index in [1.165, 1.54) is 64.4 Å². The molecule has 2 aromatic carbocycles. The smallest absolute Gasteiger partial charge is 0.308 e. The Labute approximate surface area is 255 Å². The Morgan fingerprint density at radius 1 is 1.02 bits per heavy atom. The molecule has 4 aromatic rings. The van der Waals surface area contributed by atoms with Gasteiger partial charge in [0, 0.05) is 33.5 Å². The number of carbonyl (C=O) groups is 3. The predicted molar refractivity (Wildman–Crippen MR) is 160 cm³/mol. The molecule has 3 atom stereocenters. The zero-order valence-electron chi connectivity index (χ0n) is 21.6. The number of rotatable bonds is 7. The van der Waals surface area contributed by atoms with E-state index in [4.69, 9.17) is 5.14 Å². The lowest BCUT2D eigenvalue weighted by atomic mass is 9.87. The van der Waals surface area contributed by atoms with Crippen LogP contribution in [0.4, 0.5) is 17.1 Å². The van der Waals surface area contributed by atoms with Gasteiger partial charge in [-0.3, -0.25) is 33.9 Å². The average molecular weight is 658 g/mol. The van der Waals surface area contributed by atoms with Crippen LogP contribution in [0.3, 0.4) is 0 Å². The largest absolute Gasteiger partial charge is 0.325 e. The molecule has 1 saturated heterocycles. The summed E-state index contributed by atoms with van der Waals surface area (Å²) >= 11 is 3.33. The molecule has 2 aromatic heterocycles. The number of thiazole rings is 1. The topological polar surface area (TPSA) is 192 Å². The van der Waals surface area contributed by atoms with E-state index in [2.05, 4.69) is 5.32 Å². The number of sulfonamides is 1. The number of nitrogens with zero attached hydrogens (tertiary/aromatic N) is 3. The maximum absolute atomic E-state index is 13.8. The number of nitro benzene ring substituents is 1. The molecule has 0 radical (unpaired) electrons. The number of primary sulfonamides is 1. The standard InChI is InChI=1S/C26H19N5O8S4/c27-43(38,39)16-9-3-13(4-10-16)28-18(32)12-29-25-22(42-26(29)35)19(17-2-1-11-40-17)20-21(41-25)24(34)30(23(20)33)14-5-7-15(8-6-14)31(36)37/h1-11,19-21H,12H2,(H,28,32)(H2,27,38,39)/t19-,20+,21-/m0/s1. The highest BCUT2D eigenvalue weighted by molar-refractivity contribution is 8.00. The van der Waals surface area contributed by atoms with Crippen molar-refractivity contribution in [2.75, 3.05) is 10.2 Å². The van der Waals surface area contributed by atoms with Crippen molar-refractivity contribution in [3.63, 3.8) is 0 Å². The molecule has 1 fully saturated rings. The minimum absolute atomic E-state index is 0.127. The SMILES string of the molecule is NS(=O)(=O)c1ccc(NC(=O)Cn2c3c(sc2=O)[C@@H](c2cccs2)[C@H]2C(=O)N(c4ccc([N+](=O)[O-])cc4)C(=O)[C@H]2S3)cc1. The zero-order chi connectivity index (χ0) is 30.6. The van der Waals surface area contributed by atoms with Crippen LogP contribution in [0.1, 0.15) is 15.7 Å². The molecule has 4 heterocycles. The van der Waals surface area contributed by atoms with Gasteiger partial charge >= 0.3 is 4.87 Å². The zero-order valence-corrected chi connectivity index (χ0v) is 24.9. The maximum atomic E-state index is 13.8. The molecule has 3 N–H and O–H groups in total. The van der Waals surface area contributed by atoms with Crippen LogP contribution in [-0.4, -0.2) is 40.9 Å². The molecular weight excluding hydrogens is 639 g/mol. The third kappa shape index (κ3) is 5.18. The highest BCUT2D eigenvalue weighted by atomic mass is 32.2. The number of hydrogen-bond acceptors (Lipinski definition) is 11. The number of hydrogen-bond donors (Lipinski definition) is 2. The number of benzene rings is 2. The van der Waals surface area contributed by atoms with Crippen LogP contribution < -0.4 is 20.2 Å². The monoisotopic (exact) mass is 657 g/mol. The van der Waals surface area contributed by atoms with E-state index in [0.29, 0.717) is 9.90 Å². The number of nitrogens with two attached hydrogens (primary N) is 1. The number of thioether (sulfide) groups is 1. The highest BCUT2D eigenvalue weighted by Gasteiger charge is 2.57. The highest BCUT2D eigenvalue weighted by Crippen LogP contribution is 2.54. The lowest BCUT2D eigenvalue weighted by Gasteiger charge is -2.29. The molecule has 13 nitrogen and oxygen atoms in total. The Kier molecular flexibility index (Phi) is 7.29. The van der Waals surface area contributed by atoms with Crippen molar-refractivity contribution in [1.82, 2.24) is 4.57 Å². The number of carbonyl (C=O) groups excluding carboxylic acids is 3. The summed E-state index contributed by atoms with van der Waals surface area (Å²) < 4.78 is 24.3. The van der Waals surface area contributed by atoms with Gasteiger partial charge in [0.05, 0.1) is 26.5 Å². The summed E-state index contributed by atoms with van der Waals surface area (Å²) in [5, 5.41) is 20.2. The molecule has 0 unspecified atom stereocenters. The quantitative estimate of drug-likeness (QED) is 0.171. The van der Waals surface area contributed by atoms with Crippen LogP contribution in [0.2, 0.25) is 0 Å². The maximum Gasteiger partial charge on any atom is 0.308 e. The van der Waals surface area contributed by atoms with E-state index in [0.717, 1.165) is 32.9 Å². The van der Waals surface area contributed by atoms with Crippen LogP contribution in [0.5, 0.6) is 0 Å². The molecule has 0 bridgehead atoms. The molecule has 2 aliphatic heterocycles. The van der Waals surface area contributed by atoms with Crippen LogP contribution in [0, 0.1) is 16.0 Å². The first-order valence-electron chi connectivity index (χ1n) is 12.4. The van der Waals surface area contributed by atoms with E-state index < -0.39 is 61.2 Å². The van der Waals surface area contributed by atoms with E-state index in [1.54, 1.807) is 6.07 Å². The number of aromatic nitrogens is 1. The average Bonchev–Trinajstić information content (AvgIpc) is 3.66. The summed E-state index contributed by atoms with van der Waals surface area (Å²) in [6.45, 7) is -0.392. The molecule has 6 rings (SSSR count). The number of nitrogens with one attached hydrogen (secondary N) is 1. The van der Waals surface area contributed by atoms with Crippen molar-refractivity contribution >= 4 is 79.2 Å². The minimum Gasteiger partial charge on any atom is -0.325 e. The van der Waals surface area contributed by atoms with Crippen LogP contribution >= 0.6 is 34.4 Å². The summed E-state index contributed by atoms with van der Waals surface area (Å²) in [4.78, 5) is 66.0. The van der Waals surface area contributed by atoms with Crippen molar-refractivity contribution in [1.29, 1.82) is 0 Å². The molecule has 3 amide bonds. The normalized spacial score (nSPS) is 19.7. The van der Waals surface area contributed by atoms with Crippen molar-refractivity contribution in [2.45, 2.75) is 27.6 Å². The van der Waals surface area contributed by atoms with Gasteiger partial charge in [-0.25, -0.2) is 18.5 Å². The fourth-order valence-electron chi connectivity index (χ4n) is 5.08. The molecular formula is C26H19N5O8S4. The Bertz CT molecular complexity index is 1950. The first kappa shape index (κ1) is 28.9. The third-order valence-corrected chi connectivity index (χ3v) is 11.5. The van der Waals surface area contributed by atoms with Crippen LogP contribution in [0.15, 0.2) is 80.8 Å². The van der Waals surface area contributed by atoms with Crippen molar-refractivity contribution in [2.24, 2.45) is 11.1 Å². The first-order chi connectivity index (χ1) is 20.4. The molecule has 2 aliphatic rings. The Hall–Kier alpha value is -4.16. The van der Waals surface area contributed by atoms with Crippen LogP contribution in [-0.2, 0) is 31.0 Å². The Morgan fingerprint density at radius 3 is 2.33 bits per heavy atom. The van der Waals surface area contributed by atoms with Gasteiger partial charge in [0.1, 0.15) is 11.8 Å². The predicted octanol–water partition coefficient (Wildman–Crippen LogP) is 2.96. The summed E-state index contributed by atoms with van der Waals surface area (Å²) in [6, 6.07) is 14.0. The number of nitro groups is 1. The van der Waals surface area contributed by atoms with Gasteiger partial charge in [-0.2, -0.15) is 0 Å². The second-order valence-electron chi connectivity index (χ2n) is 9.58. The van der Waals surface area contributed by atoms with E-state index in [-0.39, 0.29) is 22.0 Å². The van der Waals surface area contributed by atoms with Gasteiger partial charge in [0.15, 0.2) is 0 Å². The number of imide groups is 1. The van der Waals surface area contributed by atoms with Crippen molar-refractivity contribution in [3.05, 3.63) is 95.6 Å². The number of anilines is 2. The van der Waals surface area contributed by atoms with Gasteiger partial charge in [0.25, 0.3) is 5.69 Å². The summed E-state index contributed by atoms with van der Waals surface area (Å²) in [5.74, 6) is -3.02. The Balaban J connectivity index is 1.33. The Morgan fingerprint density at radius 2 is 1.72 bits per heavy atom. The molecule has 17 heteroatoms. The third-order valence-electron chi connectivity index (χ3n) is 6.99. The molecule has 220 valence electrons. The van der Waals surface area contributed by atoms with Gasteiger partial charge < -0.3 is 5.32 Å². The lowest BCUT2D eigenvalue weighted by Crippen LogP contribution is -2.32. The van der Waals surface area contributed by atoms with E-state index in [1.807, 2.05) is 11.4 Å². The number of non-ortho nitro benzene ring substituents is 1. The number of thiophene rings is 1. The second kappa shape index (κ2) is 10.8.